The molecule has 2 aromatic rings. The van der Waals surface area contributed by atoms with Crippen LogP contribution < -0.4 is 5.32 Å². The number of nitrogens with zero attached hydrogens (tertiary/aromatic N) is 1. The number of hydrogen-bond acceptors (Lipinski definition) is 3. The van der Waals surface area contributed by atoms with Gasteiger partial charge in [-0.3, -0.25) is 4.79 Å². The molecule has 1 aliphatic heterocycles. The highest BCUT2D eigenvalue weighted by Gasteiger charge is 2.30. The van der Waals surface area contributed by atoms with E-state index in [9.17, 15) is 9.90 Å². The van der Waals surface area contributed by atoms with Gasteiger partial charge in [0.15, 0.2) is 0 Å². The second-order valence-corrected chi connectivity index (χ2v) is 11.3. The fourth-order valence-corrected chi connectivity index (χ4v) is 5.82. The third-order valence-corrected chi connectivity index (χ3v) is 7.45. The lowest BCUT2D eigenvalue weighted by Crippen LogP contribution is -2.47. The lowest BCUT2D eigenvalue weighted by Gasteiger charge is -2.30. The number of hydrogen-bond donors (Lipinski definition) is 2. The second kappa shape index (κ2) is 10.2. The van der Waals surface area contributed by atoms with Crippen molar-refractivity contribution in [1.82, 2.24) is 10.2 Å². The van der Waals surface area contributed by atoms with E-state index in [4.69, 9.17) is 11.6 Å². The van der Waals surface area contributed by atoms with Gasteiger partial charge in [-0.25, -0.2) is 0 Å². The number of carbonyl (C=O) groups excluding carboxylic acids is 1. The summed E-state index contributed by atoms with van der Waals surface area (Å²) >= 11 is 6.59. The summed E-state index contributed by atoms with van der Waals surface area (Å²) in [6.45, 7) is 9.06. The molecule has 0 spiro atoms. The molecule has 2 N–H and O–H groups in total. The number of likely N-dealkylation sites (tertiary alicyclic amines) is 1. The molecular formula is C28H37ClN2O2. The standard InChI is InChI=1S/C28H37ClN2O2/c1-28(2,3)23-11-10-22(17-24(23)29)27(33)25(18-31-12-6-7-13-31)30-26(32)16-19-14-20-8-4-5-9-21(20)15-19/h4-5,8-11,17,19,25,27,33H,6-7,12-16,18H2,1-3H3,(H,30,32)/t25-,27-/m1/s1. The molecule has 1 amide bonds. The minimum Gasteiger partial charge on any atom is -0.386 e. The number of fused-ring (bicyclic) bond motifs is 1. The fourth-order valence-electron chi connectivity index (χ4n) is 5.35. The van der Waals surface area contributed by atoms with Gasteiger partial charge in [0, 0.05) is 18.0 Å². The molecule has 2 aliphatic rings. The van der Waals surface area contributed by atoms with Crippen LogP contribution in [0.1, 0.15) is 68.4 Å². The summed E-state index contributed by atoms with van der Waals surface area (Å²) < 4.78 is 0. The van der Waals surface area contributed by atoms with Gasteiger partial charge in [0.25, 0.3) is 0 Å². The third kappa shape index (κ3) is 5.98. The van der Waals surface area contributed by atoms with Gasteiger partial charge in [-0.05, 0) is 78.4 Å². The Morgan fingerprint density at radius 2 is 1.76 bits per heavy atom. The van der Waals surface area contributed by atoms with E-state index in [1.54, 1.807) is 0 Å². The minimum atomic E-state index is -0.804. The fraction of sp³-hybridized carbons (Fsp3) is 0.536. The lowest BCUT2D eigenvalue weighted by atomic mass is 9.86. The Balaban J connectivity index is 1.45. The van der Waals surface area contributed by atoms with E-state index >= 15 is 0 Å². The number of aliphatic hydroxyl groups is 1. The molecule has 4 nitrogen and oxygen atoms in total. The van der Waals surface area contributed by atoms with Crippen LogP contribution in [0.15, 0.2) is 42.5 Å². The molecule has 0 radical (unpaired) electrons. The molecule has 0 bridgehead atoms. The van der Waals surface area contributed by atoms with E-state index in [1.165, 1.54) is 24.0 Å². The minimum absolute atomic E-state index is 0.0217. The van der Waals surface area contributed by atoms with Gasteiger partial charge in [-0.2, -0.15) is 0 Å². The Kier molecular flexibility index (Phi) is 7.47. The Bertz CT molecular complexity index is 953. The predicted molar refractivity (Wildman–Crippen MR) is 135 cm³/mol. The molecular weight excluding hydrogens is 432 g/mol. The van der Waals surface area contributed by atoms with E-state index in [2.05, 4.69) is 55.3 Å². The number of benzene rings is 2. The highest BCUT2D eigenvalue weighted by Crippen LogP contribution is 2.33. The first-order valence-electron chi connectivity index (χ1n) is 12.3. The zero-order chi connectivity index (χ0) is 23.6. The number of amides is 1. The summed E-state index contributed by atoms with van der Waals surface area (Å²) in [5.41, 5.74) is 4.46. The van der Waals surface area contributed by atoms with E-state index in [0.717, 1.165) is 37.1 Å². The molecule has 1 fully saturated rings. The average Bonchev–Trinajstić information content (AvgIpc) is 3.40. The highest BCUT2D eigenvalue weighted by molar-refractivity contribution is 6.31. The van der Waals surface area contributed by atoms with Gasteiger partial charge < -0.3 is 15.3 Å². The van der Waals surface area contributed by atoms with Crippen LogP contribution in [0.2, 0.25) is 5.02 Å². The molecule has 1 aliphatic carbocycles. The van der Waals surface area contributed by atoms with Crippen LogP contribution in [0.25, 0.3) is 0 Å². The normalized spacial score (nSPS) is 18.8. The topological polar surface area (TPSA) is 52.6 Å². The predicted octanol–water partition coefficient (Wildman–Crippen LogP) is 5.06. The van der Waals surface area contributed by atoms with Crippen LogP contribution in [0.5, 0.6) is 0 Å². The average molecular weight is 469 g/mol. The van der Waals surface area contributed by atoms with E-state index in [0.29, 0.717) is 23.9 Å². The maximum absolute atomic E-state index is 13.1. The van der Waals surface area contributed by atoms with Gasteiger partial charge in [0.2, 0.25) is 5.91 Å². The van der Waals surface area contributed by atoms with Crippen LogP contribution in [-0.4, -0.2) is 41.6 Å². The molecule has 2 aromatic carbocycles. The van der Waals surface area contributed by atoms with Crippen molar-refractivity contribution in [2.24, 2.45) is 5.92 Å². The SMILES string of the molecule is CC(C)(C)c1ccc([C@@H](O)[C@@H](CN2CCCC2)NC(=O)CC2Cc3ccccc3C2)cc1Cl. The maximum atomic E-state index is 13.1. The molecule has 178 valence electrons. The summed E-state index contributed by atoms with van der Waals surface area (Å²) in [6.07, 6.45) is 3.93. The molecule has 33 heavy (non-hydrogen) atoms. The smallest absolute Gasteiger partial charge is 0.220 e. The Morgan fingerprint density at radius 1 is 1.12 bits per heavy atom. The summed E-state index contributed by atoms with van der Waals surface area (Å²) in [6, 6.07) is 13.9. The second-order valence-electron chi connectivity index (χ2n) is 10.9. The summed E-state index contributed by atoms with van der Waals surface area (Å²) in [4.78, 5) is 15.4. The molecule has 0 saturated carbocycles. The van der Waals surface area contributed by atoms with Crippen LogP contribution in [0.4, 0.5) is 0 Å². The van der Waals surface area contributed by atoms with Gasteiger partial charge >= 0.3 is 0 Å². The van der Waals surface area contributed by atoms with Gasteiger partial charge in [-0.1, -0.05) is 68.8 Å². The van der Waals surface area contributed by atoms with Crippen LogP contribution in [-0.2, 0) is 23.1 Å². The number of nitrogens with one attached hydrogen (secondary N) is 1. The molecule has 1 saturated heterocycles. The molecule has 2 atom stereocenters. The number of aliphatic hydroxyl groups excluding tert-OH is 1. The van der Waals surface area contributed by atoms with Crippen molar-refractivity contribution in [2.45, 2.75) is 70.4 Å². The molecule has 4 rings (SSSR count). The zero-order valence-corrected chi connectivity index (χ0v) is 20.9. The van der Waals surface area contributed by atoms with E-state index < -0.39 is 6.10 Å². The molecule has 5 heteroatoms. The van der Waals surface area contributed by atoms with Crippen LogP contribution in [0.3, 0.4) is 0 Å². The van der Waals surface area contributed by atoms with Crippen molar-refractivity contribution in [2.75, 3.05) is 19.6 Å². The summed E-state index contributed by atoms with van der Waals surface area (Å²) in [7, 11) is 0. The Morgan fingerprint density at radius 3 is 2.33 bits per heavy atom. The Labute approximate surface area is 203 Å². The third-order valence-electron chi connectivity index (χ3n) is 7.13. The van der Waals surface area contributed by atoms with Crippen molar-refractivity contribution in [3.8, 4) is 0 Å². The number of carbonyl (C=O) groups is 1. The van der Waals surface area contributed by atoms with Crippen molar-refractivity contribution >= 4 is 17.5 Å². The highest BCUT2D eigenvalue weighted by atomic mass is 35.5. The lowest BCUT2D eigenvalue weighted by molar-refractivity contribution is -0.123. The van der Waals surface area contributed by atoms with Crippen molar-refractivity contribution in [3.63, 3.8) is 0 Å². The monoisotopic (exact) mass is 468 g/mol. The molecule has 0 unspecified atom stereocenters. The Hall–Kier alpha value is -1.88. The maximum Gasteiger partial charge on any atom is 0.220 e. The van der Waals surface area contributed by atoms with Crippen molar-refractivity contribution in [1.29, 1.82) is 0 Å². The van der Waals surface area contributed by atoms with Crippen LogP contribution in [0, 0.1) is 5.92 Å². The van der Waals surface area contributed by atoms with Gasteiger partial charge in [-0.15, -0.1) is 0 Å². The summed E-state index contributed by atoms with van der Waals surface area (Å²) in [5, 5.41) is 15.2. The first kappa shape index (κ1) is 24.3. The molecule has 1 heterocycles. The first-order chi connectivity index (χ1) is 15.7. The van der Waals surface area contributed by atoms with E-state index in [1.807, 2.05) is 18.2 Å². The largest absolute Gasteiger partial charge is 0.386 e. The van der Waals surface area contributed by atoms with E-state index in [-0.39, 0.29) is 17.4 Å². The quantitative estimate of drug-likeness (QED) is 0.597. The van der Waals surface area contributed by atoms with Gasteiger partial charge in [0.05, 0.1) is 6.04 Å². The zero-order valence-electron chi connectivity index (χ0n) is 20.1. The summed E-state index contributed by atoms with van der Waals surface area (Å²) in [5.74, 6) is 0.348. The van der Waals surface area contributed by atoms with Crippen LogP contribution >= 0.6 is 11.6 Å². The number of rotatable bonds is 7. The molecule has 0 aromatic heterocycles. The van der Waals surface area contributed by atoms with Crippen molar-refractivity contribution < 1.29 is 9.90 Å². The van der Waals surface area contributed by atoms with Crippen molar-refractivity contribution in [3.05, 3.63) is 69.7 Å². The first-order valence-corrected chi connectivity index (χ1v) is 12.6. The number of halogens is 1. The van der Waals surface area contributed by atoms with Gasteiger partial charge in [0.1, 0.15) is 6.10 Å².